The lowest BCUT2D eigenvalue weighted by atomic mass is 9.87. The van der Waals surface area contributed by atoms with Crippen LogP contribution in [-0.4, -0.2) is 39.9 Å². The summed E-state index contributed by atoms with van der Waals surface area (Å²) in [6.07, 6.45) is 3.40. The van der Waals surface area contributed by atoms with Gasteiger partial charge in [-0.15, -0.1) is 0 Å². The molecule has 0 atom stereocenters. The third-order valence-electron chi connectivity index (χ3n) is 3.86. The van der Waals surface area contributed by atoms with Gasteiger partial charge < -0.3 is 14.6 Å². The summed E-state index contributed by atoms with van der Waals surface area (Å²) in [6.45, 7) is 2.89. The Hall–Kier alpha value is -1.89. The van der Waals surface area contributed by atoms with E-state index >= 15 is 0 Å². The van der Waals surface area contributed by atoms with Crippen LogP contribution in [0.1, 0.15) is 12.5 Å². The molecule has 1 aliphatic rings. The van der Waals surface area contributed by atoms with Gasteiger partial charge in [0.1, 0.15) is 25.2 Å². The summed E-state index contributed by atoms with van der Waals surface area (Å²) >= 11 is 6.26. The SMILES string of the molecule is CC1(/C(O)=C(/Cc2ccccc2Cl)n2cncn2)COCOC1. The Morgan fingerprint density at radius 1 is 1.35 bits per heavy atom. The van der Waals surface area contributed by atoms with Crippen LogP contribution < -0.4 is 0 Å². The van der Waals surface area contributed by atoms with E-state index in [0.29, 0.717) is 30.4 Å². The minimum absolute atomic E-state index is 0.169. The van der Waals surface area contributed by atoms with E-state index in [1.165, 1.54) is 6.33 Å². The summed E-state index contributed by atoms with van der Waals surface area (Å²) < 4.78 is 12.3. The van der Waals surface area contributed by atoms with Crippen molar-refractivity contribution in [2.45, 2.75) is 13.3 Å². The summed E-state index contributed by atoms with van der Waals surface area (Å²) in [5.74, 6) is 0.169. The van der Waals surface area contributed by atoms with Crippen LogP contribution in [0.3, 0.4) is 0 Å². The molecule has 0 bridgehead atoms. The second-order valence-electron chi connectivity index (χ2n) is 5.78. The molecule has 0 aliphatic carbocycles. The molecule has 1 aliphatic heterocycles. The van der Waals surface area contributed by atoms with Crippen molar-refractivity contribution in [3.05, 3.63) is 53.3 Å². The number of allylic oxidation sites excluding steroid dienone is 1. The molecule has 6 nitrogen and oxygen atoms in total. The monoisotopic (exact) mass is 335 g/mol. The molecular formula is C16H18ClN3O3. The van der Waals surface area contributed by atoms with Crippen LogP contribution in [-0.2, 0) is 15.9 Å². The number of ether oxygens (including phenoxy) is 2. The van der Waals surface area contributed by atoms with Crippen LogP contribution in [0.15, 0.2) is 42.7 Å². The fourth-order valence-corrected chi connectivity index (χ4v) is 2.77. The Bertz CT molecular complexity index is 694. The fraction of sp³-hybridized carbons (Fsp3) is 0.375. The van der Waals surface area contributed by atoms with E-state index < -0.39 is 5.41 Å². The van der Waals surface area contributed by atoms with Gasteiger partial charge in [-0.2, -0.15) is 5.10 Å². The Morgan fingerprint density at radius 3 is 2.74 bits per heavy atom. The lowest BCUT2D eigenvalue weighted by molar-refractivity contribution is -0.155. The van der Waals surface area contributed by atoms with E-state index in [9.17, 15) is 5.11 Å². The molecule has 0 unspecified atom stereocenters. The molecule has 1 aromatic carbocycles. The molecule has 0 amide bonds. The van der Waals surface area contributed by atoms with Crippen LogP contribution >= 0.6 is 11.6 Å². The summed E-state index contributed by atoms with van der Waals surface area (Å²) in [6, 6.07) is 7.52. The molecule has 0 spiro atoms. The molecule has 2 aromatic rings. The number of rotatable bonds is 4. The number of halogens is 1. The first-order valence-electron chi connectivity index (χ1n) is 7.27. The van der Waals surface area contributed by atoms with Crippen molar-refractivity contribution in [1.29, 1.82) is 0 Å². The smallest absolute Gasteiger partial charge is 0.146 e. The first-order chi connectivity index (χ1) is 11.1. The van der Waals surface area contributed by atoms with Crippen molar-refractivity contribution in [3.8, 4) is 0 Å². The van der Waals surface area contributed by atoms with E-state index in [4.69, 9.17) is 21.1 Å². The van der Waals surface area contributed by atoms with Gasteiger partial charge in [0.2, 0.25) is 0 Å². The van der Waals surface area contributed by atoms with E-state index in [2.05, 4.69) is 10.1 Å². The highest BCUT2D eigenvalue weighted by Gasteiger charge is 2.36. The predicted octanol–water partition coefficient (Wildman–Crippen LogP) is 2.91. The molecule has 122 valence electrons. The number of hydrogen-bond acceptors (Lipinski definition) is 5. The largest absolute Gasteiger partial charge is 0.510 e. The Morgan fingerprint density at radius 2 is 2.09 bits per heavy atom. The zero-order valence-electron chi connectivity index (χ0n) is 12.8. The normalized spacial score (nSPS) is 18.5. The van der Waals surface area contributed by atoms with Gasteiger partial charge in [-0.05, 0) is 18.6 Å². The van der Waals surface area contributed by atoms with Gasteiger partial charge in [0.15, 0.2) is 0 Å². The first kappa shape index (κ1) is 16.0. The zero-order valence-corrected chi connectivity index (χ0v) is 13.5. The topological polar surface area (TPSA) is 69.4 Å². The Labute approximate surface area is 139 Å². The van der Waals surface area contributed by atoms with Crippen LogP contribution in [0, 0.1) is 5.41 Å². The Balaban J connectivity index is 2.02. The van der Waals surface area contributed by atoms with Crippen molar-refractivity contribution in [1.82, 2.24) is 14.8 Å². The van der Waals surface area contributed by atoms with Crippen LogP contribution in [0.2, 0.25) is 5.02 Å². The third-order valence-corrected chi connectivity index (χ3v) is 4.23. The molecule has 3 rings (SSSR count). The number of benzene rings is 1. The maximum Gasteiger partial charge on any atom is 0.146 e. The predicted molar refractivity (Wildman–Crippen MR) is 85.9 cm³/mol. The van der Waals surface area contributed by atoms with Crippen molar-refractivity contribution < 1.29 is 14.6 Å². The highest BCUT2D eigenvalue weighted by atomic mass is 35.5. The third kappa shape index (κ3) is 3.39. The molecule has 23 heavy (non-hydrogen) atoms. The number of aliphatic hydroxyl groups excluding tert-OH is 1. The fourth-order valence-electron chi connectivity index (χ4n) is 2.56. The first-order valence-corrected chi connectivity index (χ1v) is 7.64. The highest BCUT2D eigenvalue weighted by molar-refractivity contribution is 6.31. The van der Waals surface area contributed by atoms with Gasteiger partial charge in [-0.3, -0.25) is 0 Å². The molecule has 0 saturated carbocycles. The minimum atomic E-state index is -0.638. The zero-order chi connectivity index (χ0) is 16.3. The van der Waals surface area contributed by atoms with Gasteiger partial charge >= 0.3 is 0 Å². The average Bonchev–Trinajstić information content (AvgIpc) is 3.08. The summed E-state index contributed by atoms with van der Waals surface area (Å²) in [4.78, 5) is 3.97. The molecule has 0 radical (unpaired) electrons. The highest BCUT2D eigenvalue weighted by Crippen LogP contribution is 2.34. The maximum atomic E-state index is 10.9. The van der Waals surface area contributed by atoms with Crippen LogP contribution in [0.4, 0.5) is 0 Å². The number of hydrogen-bond donors (Lipinski definition) is 1. The van der Waals surface area contributed by atoms with E-state index in [-0.39, 0.29) is 12.6 Å². The van der Waals surface area contributed by atoms with Crippen molar-refractivity contribution in [2.75, 3.05) is 20.0 Å². The van der Waals surface area contributed by atoms with Gasteiger partial charge in [0.25, 0.3) is 0 Å². The minimum Gasteiger partial charge on any atom is -0.510 e. The Kier molecular flexibility index (Phi) is 4.66. The second kappa shape index (κ2) is 6.70. The molecule has 1 N–H and O–H groups in total. The van der Waals surface area contributed by atoms with E-state index in [1.54, 1.807) is 11.0 Å². The lowest BCUT2D eigenvalue weighted by Gasteiger charge is -2.33. The van der Waals surface area contributed by atoms with Crippen LogP contribution in [0.5, 0.6) is 0 Å². The van der Waals surface area contributed by atoms with Gasteiger partial charge in [-0.1, -0.05) is 29.8 Å². The standard InChI is InChI=1S/C16H18ClN3O3/c1-16(7-22-11-23-8-16)15(21)14(20-10-18-9-19-20)6-12-4-2-3-5-13(12)17/h2-5,9-10,21H,6-8,11H2,1H3/b15-14+. The molecule has 1 saturated heterocycles. The summed E-state index contributed by atoms with van der Waals surface area (Å²) in [5, 5.41) is 15.7. The van der Waals surface area contributed by atoms with Gasteiger partial charge in [0.05, 0.1) is 24.3 Å². The average molecular weight is 336 g/mol. The molecule has 7 heteroatoms. The molecule has 2 heterocycles. The molecule has 1 fully saturated rings. The van der Waals surface area contributed by atoms with E-state index in [0.717, 1.165) is 5.56 Å². The second-order valence-corrected chi connectivity index (χ2v) is 6.19. The van der Waals surface area contributed by atoms with Crippen molar-refractivity contribution >= 4 is 17.3 Å². The quantitative estimate of drug-likeness (QED) is 0.870. The van der Waals surface area contributed by atoms with Gasteiger partial charge in [0, 0.05) is 11.4 Å². The van der Waals surface area contributed by atoms with E-state index in [1.807, 2.05) is 31.2 Å². The molecule has 1 aromatic heterocycles. The lowest BCUT2D eigenvalue weighted by Crippen LogP contribution is -2.37. The maximum absolute atomic E-state index is 10.9. The van der Waals surface area contributed by atoms with Crippen LogP contribution in [0.25, 0.3) is 5.70 Å². The number of aromatic nitrogens is 3. The van der Waals surface area contributed by atoms with Crippen molar-refractivity contribution in [2.24, 2.45) is 5.41 Å². The number of aliphatic hydroxyl groups is 1. The van der Waals surface area contributed by atoms with Crippen molar-refractivity contribution in [3.63, 3.8) is 0 Å². The summed E-state index contributed by atoms with van der Waals surface area (Å²) in [5.41, 5.74) is 0.862. The molecular weight excluding hydrogens is 318 g/mol. The van der Waals surface area contributed by atoms with Gasteiger partial charge in [-0.25, -0.2) is 9.67 Å². The summed E-state index contributed by atoms with van der Waals surface area (Å²) in [7, 11) is 0. The number of nitrogens with zero attached hydrogens (tertiary/aromatic N) is 3.